The van der Waals surface area contributed by atoms with E-state index in [1.54, 1.807) is 0 Å². The molecule has 0 spiro atoms. The van der Waals surface area contributed by atoms with Gasteiger partial charge in [0.25, 0.3) is 10.0 Å². The summed E-state index contributed by atoms with van der Waals surface area (Å²) in [5, 5.41) is 3.30. The second kappa shape index (κ2) is 5.35. The summed E-state index contributed by atoms with van der Waals surface area (Å²) < 4.78 is 26.4. The summed E-state index contributed by atoms with van der Waals surface area (Å²) in [5.74, 6) is 0.674. The molecule has 0 radical (unpaired) electrons. The minimum atomic E-state index is -3.52. The molecule has 1 atom stereocenters. The largest absolute Gasteiger partial charge is 0.332 e. The first-order valence-corrected chi connectivity index (χ1v) is 7.50. The van der Waals surface area contributed by atoms with Crippen LogP contribution in [-0.4, -0.2) is 54.9 Å². The van der Waals surface area contributed by atoms with E-state index in [1.807, 2.05) is 6.92 Å². The Balaban J connectivity index is 2.28. The summed E-state index contributed by atoms with van der Waals surface area (Å²) in [7, 11) is -3.52. The Morgan fingerprint density at radius 2 is 2.39 bits per heavy atom. The predicted octanol–water partition coefficient (Wildman–Crippen LogP) is -1.11. The van der Waals surface area contributed by atoms with Crippen LogP contribution in [0.5, 0.6) is 0 Å². The lowest BCUT2D eigenvalue weighted by molar-refractivity contribution is 0.272. The van der Waals surface area contributed by atoms with E-state index in [0.717, 1.165) is 0 Å². The van der Waals surface area contributed by atoms with Crippen LogP contribution >= 0.6 is 0 Å². The van der Waals surface area contributed by atoms with E-state index in [1.165, 1.54) is 10.5 Å². The molecule has 1 aliphatic heterocycles. The van der Waals surface area contributed by atoms with E-state index >= 15 is 0 Å². The summed E-state index contributed by atoms with van der Waals surface area (Å²) in [5.41, 5.74) is 5.63. The highest BCUT2D eigenvalue weighted by molar-refractivity contribution is 7.89. The number of hydrogen-bond acceptors (Lipinski definition) is 5. The number of aromatic nitrogens is 2. The number of nitrogens with zero attached hydrogens (tertiary/aromatic N) is 2. The van der Waals surface area contributed by atoms with E-state index in [-0.39, 0.29) is 11.1 Å². The van der Waals surface area contributed by atoms with Gasteiger partial charge in [0.15, 0.2) is 5.03 Å². The highest BCUT2D eigenvalue weighted by Crippen LogP contribution is 2.17. The molecule has 0 aromatic carbocycles. The zero-order valence-electron chi connectivity index (χ0n) is 10.4. The molecular formula is C10H19N5O2S. The van der Waals surface area contributed by atoms with Gasteiger partial charge in [-0.15, -0.1) is 0 Å². The fourth-order valence-electron chi connectivity index (χ4n) is 2.04. The molecule has 0 amide bonds. The first-order valence-electron chi connectivity index (χ1n) is 6.06. The van der Waals surface area contributed by atoms with E-state index in [9.17, 15) is 8.42 Å². The van der Waals surface area contributed by atoms with Crippen LogP contribution in [0.2, 0.25) is 0 Å². The van der Waals surface area contributed by atoms with E-state index in [2.05, 4.69) is 15.3 Å². The number of hydrogen-bond donors (Lipinski definition) is 3. The summed E-state index contributed by atoms with van der Waals surface area (Å²) in [6.45, 7) is 3.89. The Labute approximate surface area is 107 Å². The fraction of sp³-hybridized carbons (Fsp3) is 0.700. The maximum absolute atomic E-state index is 12.5. The quantitative estimate of drug-likeness (QED) is 0.645. The molecular weight excluding hydrogens is 254 g/mol. The van der Waals surface area contributed by atoms with Crippen molar-refractivity contribution >= 4 is 10.0 Å². The number of sulfonamides is 1. The number of nitrogens with two attached hydrogens (primary N) is 1. The highest BCUT2D eigenvalue weighted by Gasteiger charge is 2.33. The number of rotatable bonds is 4. The van der Waals surface area contributed by atoms with Crippen molar-refractivity contribution < 1.29 is 8.42 Å². The summed E-state index contributed by atoms with van der Waals surface area (Å²) in [4.78, 5) is 6.88. The van der Waals surface area contributed by atoms with Gasteiger partial charge in [-0.05, 0) is 0 Å². The van der Waals surface area contributed by atoms with Gasteiger partial charge in [-0.1, -0.05) is 6.92 Å². The van der Waals surface area contributed by atoms with Crippen molar-refractivity contribution in [1.82, 2.24) is 19.6 Å². The summed E-state index contributed by atoms with van der Waals surface area (Å²) >= 11 is 0. The Kier molecular flexibility index (Phi) is 4.00. The smallest absolute Gasteiger partial charge is 0.260 e. The van der Waals surface area contributed by atoms with Crippen molar-refractivity contribution in [3.8, 4) is 0 Å². The van der Waals surface area contributed by atoms with Crippen LogP contribution in [0.25, 0.3) is 0 Å². The number of piperazine rings is 1. The van der Waals surface area contributed by atoms with Gasteiger partial charge in [0.2, 0.25) is 0 Å². The molecule has 1 aromatic rings. The first-order chi connectivity index (χ1) is 8.59. The molecule has 4 N–H and O–H groups in total. The topological polar surface area (TPSA) is 104 Å². The molecule has 102 valence electrons. The normalized spacial score (nSPS) is 22.2. The van der Waals surface area contributed by atoms with Crippen molar-refractivity contribution in [2.45, 2.75) is 24.4 Å². The average Bonchev–Trinajstić information content (AvgIpc) is 2.88. The van der Waals surface area contributed by atoms with Gasteiger partial charge < -0.3 is 16.0 Å². The van der Waals surface area contributed by atoms with Gasteiger partial charge in [0.05, 0.1) is 6.20 Å². The van der Waals surface area contributed by atoms with Crippen molar-refractivity contribution in [1.29, 1.82) is 0 Å². The maximum Gasteiger partial charge on any atom is 0.260 e. The molecule has 1 aliphatic rings. The molecule has 1 fully saturated rings. The zero-order valence-corrected chi connectivity index (χ0v) is 11.2. The molecule has 0 aliphatic carbocycles. The van der Waals surface area contributed by atoms with Gasteiger partial charge in [-0.25, -0.2) is 13.4 Å². The predicted molar refractivity (Wildman–Crippen MR) is 67.6 cm³/mol. The molecule has 2 heterocycles. The SMILES string of the molecule is CCc1ncc(S(=O)(=O)N2CCNCC2CN)[nH]1. The number of aryl methyl sites for hydroxylation is 1. The lowest BCUT2D eigenvalue weighted by Gasteiger charge is -2.33. The Bertz CT molecular complexity index is 498. The fourth-order valence-corrected chi connectivity index (χ4v) is 3.61. The number of nitrogens with one attached hydrogen (secondary N) is 2. The lowest BCUT2D eigenvalue weighted by atomic mass is 10.2. The molecule has 1 saturated heterocycles. The second-order valence-corrected chi connectivity index (χ2v) is 6.12. The van der Waals surface area contributed by atoms with E-state index < -0.39 is 10.0 Å². The van der Waals surface area contributed by atoms with Crippen LogP contribution < -0.4 is 11.1 Å². The molecule has 2 rings (SSSR count). The van der Waals surface area contributed by atoms with Crippen LogP contribution in [0.1, 0.15) is 12.7 Å². The van der Waals surface area contributed by atoms with Gasteiger partial charge in [-0.3, -0.25) is 0 Å². The Morgan fingerprint density at radius 3 is 3.00 bits per heavy atom. The Hall–Kier alpha value is -0.960. The van der Waals surface area contributed by atoms with E-state index in [0.29, 0.717) is 38.4 Å². The van der Waals surface area contributed by atoms with Crippen LogP contribution in [-0.2, 0) is 16.4 Å². The maximum atomic E-state index is 12.5. The first kappa shape index (κ1) is 13.5. The molecule has 0 saturated carbocycles. The third-order valence-electron chi connectivity index (χ3n) is 3.09. The van der Waals surface area contributed by atoms with Gasteiger partial charge in [0, 0.05) is 38.6 Å². The number of aromatic amines is 1. The summed E-state index contributed by atoms with van der Waals surface area (Å²) in [6.07, 6.45) is 2.06. The van der Waals surface area contributed by atoms with Crippen LogP contribution in [0.15, 0.2) is 11.2 Å². The van der Waals surface area contributed by atoms with Gasteiger partial charge >= 0.3 is 0 Å². The van der Waals surface area contributed by atoms with Crippen LogP contribution in [0.3, 0.4) is 0 Å². The third kappa shape index (κ3) is 2.41. The van der Waals surface area contributed by atoms with Crippen molar-refractivity contribution in [3.05, 3.63) is 12.0 Å². The second-order valence-electron chi connectivity index (χ2n) is 4.26. The van der Waals surface area contributed by atoms with Crippen LogP contribution in [0.4, 0.5) is 0 Å². The summed E-state index contributed by atoms with van der Waals surface area (Å²) in [6, 6.07) is -0.197. The van der Waals surface area contributed by atoms with Gasteiger partial charge in [-0.2, -0.15) is 4.31 Å². The molecule has 7 nitrogen and oxygen atoms in total. The average molecular weight is 273 g/mol. The van der Waals surface area contributed by atoms with Crippen molar-refractivity contribution in [3.63, 3.8) is 0 Å². The van der Waals surface area contributed by atoms with Crippen molar-refractivity contribution in [2.24, 2.45) is 5.73 Å². The minimum Gasteiger partial charge on any atom is -0.332 e. The molecule has 1 unspecified atom stereocenters. The van der Waals surface area contributed by atoms with Crippen LogP contribution in [0, 0.1) is 0 Å². The molecule has 18 heavy (non-hydrogen) atoms. The minimum absolute atomic E-state index is 0.153. The third-order valence-corrected chi connectivity index (χ3v) is 4.96. The number of H-pyrrole nitrogens is 1. The standard InChI is InChI=1S/C10H19N5O2S/c1-2-9-13-7-10(14-9)18(16,17)15-4-3-12-6-8(15)5-11/h7-8,12H,2-6,11H2,1H3,(H,13,14). The number of imidazole rings is 1. The Morgan fingerprint density at radius 1 is 1.61 bits per heavy atom. The van der Waals surface area contributed by atoms with Crippen molar-refractivity contribution in [2.75, 3.05) is 26.2 Å². The van der Waals surface area contributed by atoms with Gasteiger partial charge in [0.1, 0.15) is 5.82 Å². The molecule has 1 aromatic heterocycles. The lowest BCUT2D eigenvalue weighted by Crippen LogP contribution is -2.56. The highest BCUT2D eigenvalue weighted by atomic mass is 32.2. The molecule has 0 bridgehead atoms. The monoisotopic (exact) mass is 273 g/mol. The molecule has 8 heteroatoms. The zero-order chi connectivity index (χ0) is 13.2. The van der Waals surface area contributed by atoms with E-state index in [4.69, 9.17) is 5.73 Å².